The van der Waals surface area contributed by atoms with Gasteiger partial charge in [0.15, 0.2) is 0 Å². The summed E-state index contributed by atoms with van der Waals surface area (Å²) >= 11 is 0. The standard InChI is InChI=1S/C17H18N2O2/c1-20-15-8-12(9-16(10-15)21-2)3-4-13-7-14-5-6-18-17(14)19-11-13/h5-11H,3-4H2,1-2H3,(H,18,19). The predicted octanol–water partition coefficient (Wildman–Crippen LogP) is 3.37. The molecule has 4 nitrogen and oxygen atoms in total. The van der Waals surface area contributed by atoms with Crippen molar-refractivity contribution < 1.29 is 9.47 Å². The van der Waals surface area contributed by atoms with Crippen LogP contribution in [0.5, 0.6) is 11.5 Å². The topological polar surface area (TPSA) is 47.1 Å². The Hall–Kier alpha value is -2.49. The van der Waals surface area contributed by atoms with E-state index in [2.05, 4.69) is 16.0 Å². The monoisotopic (exact) mass is 282 g/mol. The Balaban J connectivity index is 1.77. The molecular weight excluding hydrogens is 264 g/mol. The van der Waals surface area contributed by atoms with E-state index in [4.69, 9.17) is 9.47 Å². The highest BCUT2D eigenvalue weighted by Gasteiger charge is 2.04. The predicted molar refractivity (Wildman–Crippen MR) is 83.0 cm³/mol. The summed E-state index contributed by atoms with van der Waals surface area (Å²) in [6.07, 6.45) is 5.69. The summed E-state index contributed by atoms with van der Waals surface area (Å²) in [4.78, 5) is 7.52. The van der Waals surface area contributed by atoms with E-state index in [1.54, 1.807) is 14.2 Å². The molecular formula is C17H18N2O2. The molecule has 1 aromatic carbocycles. The number of aromatic nitrogens is 2. The fraction of sp³-hybridized carbons (Fsp3) is 0.235. The van der Waals surface area contributed by atoms with Gasteiger partial charge in [0.1, 0.15) is 17.1 Å². The van der Waals surface area contributed by atoms with E-state index < -0.39 is 0 Å². The molecule has 0 radical (unpaired) electrons. The van der Waals surface area contributed by atoms with Crippen LogP contribution in [0.2, 0.25) is 0 Å². The molecule has 0 atom stereocenters. The van der Waals surface area contributed by atoms with Gasteiger partial charge in [-0.2, -0.15) is 0 Å². The normalized spacial score (nSPS) is 10.8. The van der Waals surface area contributed by atoms with Crippen LogP contribution in [0, 0.1) is 0 Å². The molecule has 1 N–H and O–H groups in total. The van der Waals surface area contributed by atoms with Crippen molar-refractivity contribution in [3.8, 4) is 11.5 Å². The zero-order valence-corrected chi connectivity index (χ0v) is 12.2. The van der Waals surface area contributed by atoms with Gasteiger partial charge in [-0.3, -0.25) is 0 Å². The molecule has 0 spiro atoms. The van der Waals surface area contributed by atoms with Gasteiger partial charge >= 0.3 is 0 Å². The van der Waals surface area contributed by atoms with Crippen molar-refractivity contribution in [3.63, 3.8) is 0 Å². The third kappa shape index (κ3) is 2.99. The maximum Gasteiger partial charge on any atom is 0.137 e. The van der Waals surface area contributed by atoms with E-state index in [9.17, 15) is 0 Å². The molecule has 0 saturated carbocycles. The SMILES string of the molecule is COc1cc(CCc2cnc3[nH]ccc3c2)cc(OC)c1. The molecule has 108 valence electrons. The van der Waals surface area contributed by atoms with Gasteiger partial charge < -0.3 is 14.5 Å². The maximum absolute atomic E-state index is 5.30. The van der Waals surface area contributed by atoms with Crippen LogP contribution < -0.4 is 9.47 Å². The number of hydrogen-bond acceptors (Lipinski definition) is 3. The summed E-state index contributed by atoms with van der Waals surface area (Å²) in [5.74, 6) is 1.65. The summed E-state index contributed by atoms with van der Waals surface area (Å²) in [6, 6.07) is 10.2. The van der Waals surface area contributed by atoms with Crippen molar-refractivity contribution >= 4 is 11.0 Å². The fourth-order valence-corrected chi connectivity index (χ4v) is 2.42. The highest BCUT2D eigenvalue weighted by molar-refractivity contribution is 5.75. The van der Waals surface area contributed by atoms with Gasteiger partial charge in [0.05, 0.1) is 14.2 Å². The van der Waals surface area contributed by atoms with Crippen LogP contribution in [0.4, 0.5) is 0 Å². The van der Waals surface area contributed by atoms with Crippen LogP contribution in [-0.2, 0) is 12.8 Å². The molecule has 2 aromatic heterocycles. The van der Waals surface area contributed by atoms with Gasteiger partial charge in [0.25, 0.3) is 0 Å². The zero-order chi connectivity index (χ0) is 14.7. The number of benzene rings is 1. The number of aromatic amines is 1. The Bertz CT molecular complexity index is 727. The lowest BCUT2D eigenvalue weighted by atomic mass is 10.0. The van der Waals surface area contributed by atoms with Crippen molar-refractivity contribution in [3.05, 3.63) is 53.9 Å². The molecule has 4 heteroatoms. The third-order valence-electron chi connectivity index (χ3n) is 3.57. The van der Waals surface area contributed by atoms with Crippen molar-refractivity contribution in [1.82, 2.24) is 9.97 Å². The van der Waals surface area contributed by atoms with Crippen molar-refractivity contribution in [2.75, 3.05) is 14.2 Å². The maximum atomic E-state index is 5.30. The van der Waals surface area contributed by atoms with Crippen LogP contribution in [0.25, 0.3) is 11.0 Å². The van der Waals surface area contributed by atoms with Crippen LogP contribution >= 0.6 is 0 Å². The van der Waals surface area contributed by atoms with E-state index in [1.165, 1.54) is 11.1 Å². The van der Waals surface area contributed by atoms with E-state index in [-0.39, 0.29) is 0 Å². The second-order valence-electron chi connectivity index (χ2n) is 4.98. The van der Waals surface area contributed by atoms with E-state index in [0.717, 1.165) is 35.4 Å². The first kappa shape index (κ1) is 13.5. The molecule has 0 fully saturated rings. The quantitative estimate of drug-likeness (QED) is 0.780. The molecule has 2 heterocycles. The number of H-pyrrole nitrogens is 1. The minimum Gasteiger partial charge on any atom is -0.497 e. The molecule has 0 unspecified atom stereocenters. The molecule has 3 aromatic rings. The second kappa shape index (κ2) is 5.87. The van der Waals surface area contributed by atoms with Gasteiger partial charge in [-0.1, -0.05) is 0 Å². The number of hydrogen-bond donors (Lipinski definition) is 1. The first-order valence-electron chi connectivity index (χ1n) is 6.92. The van der Waals surface area contributed by atoms with Gasteiger partial charge in [0, 0.05) is 23.8 Å². The van der Waals surface area contributed by atoms with Crippen LogP contribution in [-0.4, -0.2) is 24.2 Å². The van der Waals surface area contributed by atoms with Crippen molar-refractivity contribution in [1.29, 1.82) is 0 Å². The van der Waals surface area contributed by atoms with Crippen LogP contribution in [0.15, 0.2) is 42.7 Å². The summed E-state index contributed by atoms with van der Waals surface area (Å²) in [5, 5.41) is 1.15. The van der Waals surface area contributed by atoms with Crippen molar-refractivity contribution in [2.24, 2.45) is 0 Å². The number of aryl methyl sites for hydroxylation is 2. The Morgan fingerprint density at radius 2 is 1.67 bits per heavy atom. The average Bonchev–Trinajstić information content (AvgIpc) is 3.00. The minimum atomic E-state index is 0.823. The molecule has 3 rings (SSSR count). The lowest BCUT2D eigenvalue weighted by Gasteiger charge is -2.08. The molecule has 21 heavy (non-hydrogen) atoms. The molecule has 0 amide bonds. The second-order valence-corrected chi connectivity index (χ2v) is 4.98. The number of rotatable bonds is 5. The third-order valence-corrected chi connectivity index (χ3v) is 3.57. The molecule has 0 aliphatic carbocycles. The number of pyridine rings is 1. The number of ether oxygens (including phenoxy) is 2. The average molecular weight is 282 g/mol. The van der Waals surface area contributed by atoms with E-state index >= 15 is 0 Å². The highest BCUT2D eigenvalue weighted by Crippen LogP contribution is 2.23. The molecule has 0 aliphatic heterocycles. The number of fused-ring (bicyclic) bond motifs is 1. The van der Waals surface area contributed by atoms with Gasteiger partial charge in [-0.25, -0.2) is 4.98 Å². The summed E-state index contributed by atoms with van der Waals surface area (Å²) in [7, 11) is 3.34. The van der Waals surface area contributed by atoms with Gasteiger partial charge in [-0.15, -0.1) is 0 Å². The Kier molecular flexibility index (Phi) is 3.77. The largest absolute Gasteiger partial charge is 0.497 e. The summed E-state index contributed by atoms with van der Waals surface area (Å²) in [5.41, 5.74) is 3.35. The molecule has 0 aliphatic rings. The Morgan fingerprint density at radius 3 is 2.38 bits per heavy atom. The fourth-order valence-electron chi connectivity index (χ4n) is 2.42. The number of methoxy groups -OCH3 is 2. The van der Waals surface area contributed by atoms with Gasteiger partial charge in [0.2, 0.25) is 0 Å². The Labute approximate surface area is 123 Å². The van der Waals surface area contributed by atoms with Crippen molar-refractivity contribution in [2.45, 2.75) is 12.8 Å². The zero-order valence-electron chi connectivity index (χ0n) is 12.2. The summed E-state index contributed by atoms with van der Waals surface area (Å²) in [6.45, 7) is 0. The first-order valence-corrected chi connectivity index (χ1v) is 6.92. The lowest BCUT2D eigenvalue weighted by molar-refractivity contribution is 0.393. The number of nitrogens with one attached hydrogen (secondary N) is 1. The van der Waals surface area contributed by atoms with Crippen LogP contribution in [0.3, 0.4) is 0 Å². The highest BCUT2D eigenvalue weighted by atomic mass is 16.5. The number of nitrogens with zero attached hydrogens (tertiary/aromatic N) is 1. The van der Waals surface area contributed by atoms with E-state index in [1.807, 2.05) is 36.7 Å². The lowest BCUT2D eigenvalue weighted by Crippen LogP contribution is -1.95. The molecule has 0 saturated heterocycles. The van der Waals surface area contributed by atoms with E-state index in [0.29, 0.717) is 0 Å². The first-order chi connectivity index (χ1) is 10.3. The smallest absolute Gasteiger partial charge is 0.137 e. The van der Waals surface area contributed by atoms with Crippen LogP contribution in [0.1, 0.15) is 11.1 Å². The Morgan fingerprint density at radius 1 is 0.952 bits per heavy atom. The minimum absolute atomic E-state index is 0.823. The van der Waals surface area contributed by atoms with Gasteiger partial charge in [-0.05, 0) is 48.2 Å². The summed E-state index contributed by atoms with van der Waals surface area (Å²) < 4.78 is 10.6. The molecule has 0 bridgehead atoms.